The van der Waals surface area contributed by atoms with Gasteiger partial charge in [0.2, 0.25) is 0 Å². The second-order valence-corrected chi connectivity index (χ2v) is 6.43. The summed E-state index contributed by atoms with van der Waals surface area (Å²) < 4.78 is 0. The Bertz CT molecular complexity index is 651. The van der Waals surface area contributed by atoms with Crippen molar-refractivity contribution < 1.29 is 19.5 Å². The summed E-state index contributed by atoms with van der Waals surface area (Å²) in [5.41, 5.74) is -0.0765. The van der Waals surface area contributed by atoms with E-state index in [4.69, 9.17) is 0 Å². The van der Waals surface area contributed by atoms with Crippen LogP contribution in [0, 0.1) is 5.41 Å². The minimum atomic E-state index is -0.963. The molecule has 1 aliphatic rings. The Morgan fingerprint density at radius 2 is 1.88 bits per heavy atom. The van der Waals surface area contributed by atoms with E-state index < -0.39 is 11.4 Å². The van der Waals surface area contributed by atoms with E-state index in [2.05, 4.69) is 16.0 Å². The monoisotopic (exact) mass is 347 g/mol. The van der Waals surface area contributed by atoms with E-state index in [9.17, 15) is 19.5 Å². The number of carboxylic acids is 1. The van der Waals surface area contributed by atoms with Gasteiger partial charge in [0.25, 0.3) is 5.91 Å². The molecule has 136 valence electrons. The summed E-state index contributed by atoms with van der Waals surface area (Å²) in [5.74, 6) is -1.27. The lowest BCUT2D eigenvalue weighted by Crippen LogP contribution is -2.42. The van der Waals surface area contributed by atoms with E-state index >= 15 is 0 Å². The van der Waals surface area contributed by atoms with Crippen LogP contribution in [0.1, 0.15) is 49.9 Å². The van der Waals surface area contributed by atoms with Crippen LogP contribution in [0.4, 0.5) is 10.5 Å². The Morgan fingerprint density at radius 3 is 2.44 bits per heavy atom. The molecule has 0 saturated heterocycles. The van der Waals surface area contributed by atoms with Gasteiger partial charge >= 0.3 is 12.0 Å². The van der Waals surface area contributed by atoms with Crippen molar-refractivity contribution in [1.29, 1.82) is 0 Å². The van der Waals surface area contributed by atoms with Crippen molar-refractivity contribution >= 4 is 23.6 Å². The van der Waals surface area contributed by atoms with Crippen molar-refractivity contribution in [3.8, 4) is 0 Å². The van der Waals surface area contributed by atoms with Gasteiger partial charge in [-0.1, -0.05) is 19.9 Å². The van der Waals surface area contributed by atoms with E-state index in [0.29, 0.717) is 24.1 Å². The standard InChI is InChI=1S/C18H25N3O4/c1-3-18(4-2,16(23)24)11-19-15(22)12-6-5-7-14(10-12)21-17(25)20-13-8-9-13/h5-7,10,13H,3-4,8-9,11H2,1-2H3,(H,19,22)(H,23,24)(H2,20,21,25). The number of aliphatic carboxylic acids is 1. The van der Waals surface area contributed by atoms with Crippen LogP contribution in [0.5, 0.6) is 0 Å². The van der Waals surface area contributed by atoms with Crippen molar-refractivity contribution in [3.05, 3.63) is 29.8 Å². The van der Waals surface area contributed by atoms with Gasteiger partial charge in [0.05, 0.1) is 5.41 Å². The molecule has 4 N–H and O–H groups in total. The quantitative estimate of drug-likeness (QED) is 0.580. The highest BCUT2D eigenvalue weighted by atomic mass is 16.4. The van der Waals surface area contributed by atoms with Gasteiger partial charge in [0.1, 0.15) is 0 Å². The summed E-state index contributed by atoms with van der Waals surface area (Å²) in [7, 11) is 0. The molecule has 2 rings (SSSR count). The molecular weight excluding hydrogens is 322 g/mol. The van der Waals surface area contributed by atoms with Gasteiger partial charge in [-0.25, -0.2) is 4.79 Å². The van der Waals surface area contributed by atoms with Gasteiger partial charge in [-0.15, -0.1) is 0 Å². The molecule has 0 bridgehead atoms. The number of hydrogen-bond acceptors (Lipinski definition) is 3. The molecular formula is C18H25N3O4. The van der Waals surface area contributed by atoms with Gasteiger partial charge in [-0.3, -0.25) is 9.59 Å². The fourth-order valence-corrected chi connectivity index (χ4v) is 2.55. The average molecular weight is 347 g/mol. The second kappa shape index (κ2) is 8.00. The van der Waals surface area contributed by atoms with Crippen molar-refractivity contribution in [1.82, 2.24) is 10.6 Å². The fourth-order valence-electron chi connectivity index (χ4n) is 2.55. The Labute approximate surface area is 147 Å². The van der Waals surface area contributed by atoms with Gasteiger partial charge in [0.15, 0.2) is 0 Å². The van der Waals surface area contributed by atoms with Crippen molar-refractivity contribution in [2.45, 2.75) is 45.6 Å². The minimum absolute atomic E-state index is 0.0635. The first kappa shape index (κ1) is 18.8. The smallest absolute Gasteiger partial charge is 0.319 e. The first-order chi connectivity index (χ1) is 11.9. The molecule has 7 nitrogen and oxygen atoms in total. The van der Waals surface area contributed by atoms with Crippen LogP contribution >= 0.6 is 0 Å². The Hall–Kier alpha value is -2.57. The predicted molar refractivity (Wildman–Crippen MR) is 94.6 cm³/mol. The zero-order chi connectivity index (χ0) is 18.4. The molecule has 3 amide bonds. The lowest BCUT2D eigenvalue weighted by atomic mass is 9.82. The second-order valence-electron chi connectivity index (χ2n) is 6.43. The Kier molecular flexibility index (Phi) is 6.01. The van der Waals surface area contributed by atoms with Crippen molar-refractivity contribution in [2.24, 2.45) is 5.41 Å². The van der Waals surface area contributed by atoms with Crippen LogP contribution < -0.4 is 16.0 Å². The molecule has 0 spiro atoms. The number of carboxylic acid groups (broad SMARTS) is 1. The minimum Gasteiger partial charge on any atom is -0.481 e. The van der Waals surface area contributed by atoms with Crippen molar-refractivity contribution in [3.63, 3.8) is 0 Å². The normalized spacial score (nSPS) is 13.8. The van der Waals surface area contributed by atoms with E-state index in [0.717, 1.165) is 12.8 Å². The third-order valence-corrected chi connectivity index (χ3v) is 4.69. The number of nitrogens with one attached hydrogen (secondary N) is 3. The first-order valence-corrected chi connectivity index (χ1v) is 8.59. The van der Waals surface area contributed by atoms with E-state index in [1.165, 1.54) is 0 Å². The molecule has 0 atom stereocenters. The SMILES string of the molecule is CCC(CC)(CNC(=O)c1cccc(NC(=O)NC2CC2)c1)C(=O)O. The summed E-state index contributed by atoms with van der Waals surface area (Å²) >= 11 is 0. The molecule has 0 heterocycles. The number of urea groups is 1. The molecule has 0 unspecified atom stereocenters. The zero-order valence-electron chi connectivity index (χ0n) is 14.6. The molecule has 1 saturated carbocycles. The molecule has 1 aromatic rings. The van der Waals surface area contributed by atoms with E-state index in [-0.39, 0.29) is 24.5 Å². The van der Waals surface area contributed by atoms with Gasteiger partial charge in [-0.2, -0.15) is 0 Å². The Morgan fingerprint density at radius 1 is 1.20 bits per heavy atom. The first-order valence-electron chi connectivity index (χ1n) is 8.59. The van der Waals surface area contributed by atoms with Crippen LogP contribution in [0.15, 0.2) is 24.3 Å². The number of carbonyl (C=O) groups is 3. The van der Waals surface area contributed by atoms with Gasteiger partial charge < -0.3 is 21.1 Å². The summed E-state index contributed by atoms with van der Waals surface area (Å²) in [6.07, 6.45) is 2.86. The number of rotatable bonds is 8. The molecule has 1 fully saturated rings. The number of benzene rings is 1. The molecule has 25 heavy (non-hydrogen) atoms. The van der Waals surface area contributed by atoms with Gasteiger partial charge in [0, 0.05) is 23.8 Å². The maximum absolute atomic E-state index is 12.3. The zero-order valence-corrected chi connectivity index (χ0v) is 14.6. The average Bonchev–Trinajstić information content (AvgIpc) is 3.39. The highest BCUT2D eigenvalue weighted by Crippen LogP contribution is 2.26. The van der Waals surface area contributed by atoms with Crippen LogP contribution in [-0.4, -0.2) is 35.6 Å². The van der Waals surface area contributed by atoms with Crippen LogP contribution in [-0.2, 0) is 4.79 Å². The highest BCUT2D eigenvalue weighted by Gasteiger charge is 2.35. The number of anilines is 1. The van der Waals surface area contributed by atoms with Crippen LogP contribution in [0.2, 0.25) is 0 Å². The third kappa shape index (κ3) is 4.95. The fraction of sp³-hybridized carbons (Fsp3) is 0.500. The van der Waals surface area contributed by atoms with E-state index in [1.807, 2.05) is 0 Å². The van der Waals surface area contributed by atoms with Crippen LogP contribution in [0.3, 0.4) is 0 Å². The summed E-state index contributed by atoms with van der Waals surface area (Å²) in [6.45, 7) is 3.66. The maximum atomic E-state index is 12.3. The number of amides is 3. The Balaban J connectivity index is 1.97. The largest absolute Gasteiger partial charge is 0.481 e. The number of hydrogen-bond donors (Lipinski definition) is 4. The number of carbonyl (C=O) groups excluding carboxylic acids is 2. The lowest BCUT2D eigenvalue weighted by Gasteiger charge is -2.26. The summed E-state index contributed by atoms with van der Waals surface area (Å²) in [5, 5.41) is 17.6. The molecule has 0 radical (unpaired) electrons. The molecule has 1 aliphatic carbocycles. The third-order valence-electron chi connectivity index (χ3n) is 4.69. The maximum Gasteiger partial charge on any atom is 0.319 e. The predicted octanol–water partition coefficient (Wildman–Crippen LogP) is 2.59. The molecule has 7 heteroatoms. The van der Waals surface area contributed by atoms with Crippen molar-refractivity contribution in [2.75, 3.05) is 11.9 Å². The summed E-state index contributed by atoms with van der Waals surface area (Å²) in [6, 6.07) is 6.52. The van der Waals surface area contributed by atoms with E-state index in [1.54, 1.807) is 38.1 Å². The molecule has 0 aromatic heterocycles. The van der Waals surface area contributed by atoms with Gasteiger partial charge in [-0.05, 0) is 43.9 Å². The highest BCUT2D eigenvalue weighted by molar-refractivity contribution is 5.97. The topological polar surface area (TPSA) is 108 Å². The van der Waals surface area contributed by atoms with Crippen LogP contribution in [0.25, 0.3) is 0 Å². The lowest BCUT2D eigenvalue weighted by molar-refractivity contribution is -0.149. The summed E-state index contributed by atoms with van der Waals surface area (Å²) in [4.78, 5) is 35.6. The molecule has 0 aliphatic heterocycles. The molecule has 1 aromatic carbocycles.